The lowest BCUT2D eigenvalue weighted by molar-refractivity contribution is -0.143. The monoisotopic (exact) mass is 1320 g/mol. The van der Waals surface area contributed by atoms with Crippen molar-refractivity contribution < 1.29 is 76.6 Å². The molecule has 9 atom stereocenters. The van der Waals surface area contributed by atoms with Crippen molar-refractivity contribution in [3.05, 3.63) is 72.9 Å². The summed E-state index contributed by atoms with van der Waals surface area (Å²) in [7, 11) is 4.13. The van der Waals surface area contributed by atoms with Crippen LogP contribution in [0.5, 0.6) is 0 Å². The molecule has 6 N–H and O–H groups in total. The normalized spacial score (nSPS) is 14.7. The van der Waals surface area contributed by atoms with Crippen molar-refractivity contribution in [2.24, 2.45) is 35.3 Å². The van der Waals surface area contributed by atoms with Crippen LogP contribution in [-0.2, 0) is 78.2 Å². The minimum Gasteiger partial charge on any atom is -0.444 e. The van der Waals surface area contributed by atoms with Gasteiger partial charge in [-0.2, -0.15) is 0 Å². The predicted molar refractivity (Wildman–Crippen MR) is 356 cm³/mol. The number of nitrogens with one attached hydrogen (secondary N) is 4. The minimum atomic E-state index is -1.59. The number of nitrogens with two attached hydrogens (primary N) is 1. The molecular weight excluding hydrogens is 1220 g/mol. The molecule has 8 amide bonds. The van der Waals surface area contributed by atoms with Crippen LogP contribution in [0.4, 0.5) is 4.79 Å². The third-order valence-electron chi connectivity index (χ3n) is 15.1. The van der Waals surface area contributed by atoms with E-state index in [0.29, 0.717) is 5.56 Å². The quantitative estimate of drug-likeness (QED) is 0.0337. The summed E-state index contributed by atoms with van der Waals surface area (Å²) in [6.07, 6.45) is 4.78. The molecule has 25 heteroatoms. The molecule has 93 heavy (non-hydrogen) atoms. The second kappa shape index (κ2) is 40.4. The molecular formula is C68H104N8O16S. The highest BCUT2D eigenvalue weighted by atomic mass is 32.1. The first-order valence-corrected chi connectivity index (χ1v) is 32.0. The Kier molecular flexibility index (Phi) is 36.2. The van der Waals surface area contributed by atoms with Gasteiger partial charge in [-0.15, -0.1) is 12.6 Å². The van der Waals surface area contributed by atoms with Crippen LogP contribution >= 0.6 is 12.6 Å². The Morgan fingerprint density at radius 1 is 0.613 bits per heavy atom. The number of ether oxygens (including phenoxy) is 2. The van der Waals surface area contributed by atoms with Gasteiger partial charge in [-0.05, 0) is 85.1 Å². The number of rotatable bonds is 42. The van der Waals surface area contributed by atoms with Gasteiger partial charge in [0.2, 0.25) is 41.4 Å². The van der Waals surface area contributed by atoms with Gasteiger partial charge in [0.15, 0.2) is 34.0 Å². The number of hydrogen-bond acceptors (Lipinski definition) is 16. The molecule has 0 saturated heterocycles. The van der Waals surface area contributed by atoms with E-state index in [2.05, 4.69) is 40.5 Å². The maximum atomic E-state index is 14.5. The van der Waals surface area contributed by atoms with E-state index >= 15 is 0 Å². The third kappa shape index (κ3) is 32.2. The van der Waals surface area contributed by atoms with E-state index in [4.69, 9.17) is 15.2 Å². The van der Waals surface area contributed by atoms with Crippen molar-refractivity contribution in [1.29, 1.82) is 0 Å². The van der Waals surface area contributed by atoms with Gasteiger partial charge in [-0.3, -0.25) is 62.3 Å². The molecule has 0 aliphatic carbocycles. The molecule has 0 spiro atoms. The number of ketones is 5. The second-order valence-corrected chi connectivity index (χ2v) is 26.9. The van der Waals surface area contributed by atoms with Crippen LogP contribution in [0.25, 0.3) is 0 Å². The Labute approximate surface area is 554 Å². The van der Waals surface area contributed by atoms with E-state index in [-0.39, 0.29) is 76.9 Å². The topological polar surface area (TPSA) is 341 Å². The number of Topliss-reactive ketones (excluding diaryl/α,β-unsaturated/α-hetero) is 5. The highest BCUT2D eigenvalue weighted by molar-refractivity contribution is 7.96. The fourth-order valence-corrected chi connectivity index (χ4v) is 9.81. The zero-order chi connectivity index (χ0) is 71.2. The number of primary amides is 1. The van der Waals surface area contributed by atoms with E-state index in [1.165, 1.54) is 51.7 Å². The van der Waals surface area contributed by atoms with Crippen molar-refractivity contribution in [1.82, 2.24) is 36.0 Å². The second-order valence-electron chi connectivity index (χ2n) is 26.4. The van der Waals surface area contributed by atoms with Crippen molar-refractivity contribution in [3.63, 3.8) is 0 Å². The Balaban J connectivity index is 3.39. The summed E-state index contributed by atoms with van der Waals surface area (Å²) in [6.45, 7) is 24.7. The smallest absolute Gasteiger partial charge is 0.408 e. The molecule has 0 radical (unpaired) electrons. The van der Waals surface area contributed by atoms with Crippen LogP contribution in [-0.4, -0.2) is 178 Å². The number of thiol groups is 1. The molecule has 518 valence electrons. The largest absolute Gasteiger partial charge is 0.444 e. The van der Waals surface area contributed by atoms with Gasteiger partial charge >= 0.3 is 6.09 Å². The highest BCUT2D eigenvalue weighted by Gasteiger charge is 2.38. The number of benzene rings is 1. The average molecular weight is 1320 g/mol. The molecule has 1 rings (SSSR count). The van der Waals surface area contributed by atoms with Gasteiger partial charge < -0.3 is 51.2 Å². The van der Waals surface area contributed by atoms with E-state index in [9.17, 15) is 67.1 Å². The lowest BCUT2D eigenvalue weighted by atomic mass is 9.87. The first-order valence-electron chi connectivity index (χ1n) is 31.5. The Morgan fingerprint density at radius 3 is 1.76 bits per heavy atom. The fraction of sp³-hybridized carbons (Fsp3) is 0.618. The fourth-order valence-electron chi connectivity index (χ4n) is 9.63. The van der Waals surface area contributed by atoms with Crippen molar-refractivity contribution >= 4 is 94.1 Å². The SMILES string of the molecule is C=C/C=C\C=C\C[C@@H](C(=O)CCC(=O)N(C)[C@@H](CC(C)C)C(=O)C[C@@H](C)C(=O)N[C@H](C(=O)C[C@@H](Cc1ccccc1)C(=O)N[C@@H](CC(=O)S)C(=O)N(C)[C@@H](C)C(=O)N[C@@H](COC(C)(C)C)C(=O)CCC(N)=O)C(C)C)N(C)C(=O)[C@H](C)CC(=O)CNC(=O)OC(C)(C)C. The predicted octanol–water partition coefficient (Wildman–Crippen LogP) is 5.71. The molecule has 1 aromatic rings. The first-order chi connectivity index (χ1) is 43.1. The number of carbonyl (C=O) groups excluding carboxylic acids is 14. The molecule has 0 aromatic heterocycles. The zero-order valence-corrected chi connectivity index (χ0v) is 58.3. The number of hydrogen-bond donors (Lipinski definition) is 6. The molecule has 24 nitrogen and oxygen atoms in total. The van der Waals surface area contributed by atoms with Gasteiger partial charge in [-0.1, -0.05) is 109 Å². The van der Waals surface area contributed by atoms with Crippen LogP contribution in [0.2, 0.25) is 0 Å². The van der Waals surface area contributed by atoms with E-state index in [0.717, 1.165) is 4.90 Å². The Hall–Kier alpha value is -7.67. The number of likely N-dealkylation sites (N-methyl/N-ethyl adjacent to an activating group) is 3. The summed E-state index contributed by atoms with van der Waals surface area (Å²) >= 11 is 3.89. The van der Waals surface area contributed by atoms with Crippen LogP contribution in [0.15, 0.2) is 67.3 Å². The summed E-state index contributed by atoms with van der Waals surface area (Å²) in [4.78, 5) is 192. The summed E-state index contributed by atoms with van der Waals surface area (Å²) in [5, 5.41) is 9.55. The van der Waals surface area contributed by atoms with Crippen molar-refractivity contribution in [2.75, 3.05) is 34.3 Å². The Morgan fingerprint density at radius 2 is 1.22 bits per heavy atom. The molecule has 0 aliphatic rings. The van der Waals surface area contributed by atoms with Crippen LogP contribution < -0.4 is 27.0 Å². The standard InChI is InChI=1S/C68H104N8O16S/c1-18-19-20-21-25-28-51(76(17)64(88)44(7)34-48(77)39-70-66(90)92-68(12,13)14)54(79)30-32-58(83)75(16)52(33-41(2)3)55(80)35-43(6)61(85)73-60(42(4)5)56(81)37-47(36-46-26-23-22-24-27-46)63(87)71-49(38-59(84)93)65(89)74(15)45(8)62(86)72-50(40-91-67(9,10)11)53(78)29-31-57(69)82/h18-27,41-45,47,49-52,60H,1,28-40H2,2-17H3,(H2,69,82)(H,70,90)(H,71,87)(H,72,86)(H,73,85)(H,84,93)/b20-19-,25-21+/t43-,44-,45+,47-,49+,50+,51+,52+,60+/m1/s1. The minimum absolute atomic E-state index is 0.0313. The first kappa shape index (κ1) is 83.3. The summed E-state index contributed by atoms with van der Waals surface area (Å²) < 4.78 is 10.9. The number of amides is 8. The van der Waals surface area contributed by atoms with Crippen LogP contribution in [0.3, 0.4) is 0 Å². The van der Waals surface area contributed by atoms with Gasteiger partial charge in [0.05, 0.1) is 36.9 Å². The molecule has 0 bridgehead atoms. The molecule has 0 heterocycles. The van der Waals surface area contributed by atoms with Crippen molar-refractivity contribution in [3.8, 4) is 0 Å². The van der Waals surface area contributed by atoms with Crippen LogP contribution in [0, 0.1) is 29.6 Å². The van der Waals surface area contributed by atoms with E-state index in [1.54, 1.807) is 116 Å². The molecule has 1 aromatic carbocycles. The molecule has 0 fully saturated rings. The summed E-state index contributed by atoms with van der Waals surface area (Å²) in [6, 6.07) is 1.29. The number of alkyl carbamates (subject to hydrolysis) is 1. The Bertz CT molecular complexity index is 2840. The molecule has 0 aliphatic heterocycles. The van der Waals surface area contributed by atoms with Crippen LogP contribution in [0.1, 0.15) is 160 Å². The number of carbonyl (C=O) groups is 14. The average Bonchev–Trinajstić information content (AvgIpc) is 0.984. The van der Waals surface area contributed by atoms with E-state index in [1.807, 2.05) is 13.8 Å². The van der Waals surface area contributed by atoms with Gasteiger partial charge in [0.1, 0.15) is 23.7 Å². The van der Waals surface area contributed by atoms with Gasteiger partial charge in [-0.25, -0.2) is 4.79 Å². The molecule has 0 unspecified atom stereocenters. The maximum Gasteiger partial charge on any atom is 0.408 e. The van der Waals surface area contributed by atoms with Gasteiger partial charge in [0, 0.05) is 90.3 Å². The number of nitrogens with zero attached hydrogens (tertiary/aromatic N) is 3. The number of allylic oxidation sites excluding steroid dienone is 4. The summed E-state index contributed by atoms with van der Waals surface area (Å²) in [5.74, 6) is -11.2. The lowest BCUT2D eigenvalue weighted by Crippen LogP contribution is -2.57. The maximum absolute atomic E-state index is 14.5. The lowest BCUT2D eigenvalue weighted by Gasteiger charge is -2.31. The zero-order valence-electron chi connectivity index (χ0n) is 57.4. The van der Waals surface area contributed by atoms with Gasteiger partial charge in [0.25, 0.3) is 0 Å². The van der Waals surface area contributed by atoms with Crippen molar-refractivity contribution in [2.45, 2.75) is 208 Å². The van der Waals surface area contributed by atoms with E-state index < -0.39 is 165 Å². The highest BCUT2D eigenvalue weighted by Crippen LogP contribution is 2.23. The molecule has 0 saturated carbocycles. The third-order valence-corrected chi connectivity index (χ3v) is 15.2. The summed E-state index contributed by atoms with van der Waals surface area (Å²) in [5.41, 5.74) is 4.38.